The maximum Gasteiger partial charge on any atom is 0.200 e. The van der Waals surface area contributed by atoms with Crippen molar-refractivity contribution < 1.29 is 13.5 Å². The van der Waals surface area contributed by atoms with Gasteiger partial charge in [0.25, 0.3) is 0 Å². The fraction of sp³-hybridized carbons (Fsp3) is 0.250. The smallest absolute Gasteiger partial charge is 0.200 e. The molecule has 2 N–H and O–H groups in total. The normalized spacial score (nSPS) is 12.2. The fourth-order valence-electron chi connectivity index (χ4n) is 2.10. The third-order valence-corrected chi connectivity index (χ3v) is 3.01. The molecule has 0 saturated heterocycles. The van der Waals surface area contributed by atoms with Gasteiger partial charge in [-0.2, -0.15) is 4.39 Å². The molecule has 0 fully saturated rings. The van der Waals surface area contributed by atoms with Gasteiger partial charge in [0.2, 0.25) is 5.82 Å². The van der Waals surface area contributed by atoms with Crippen molar-refractivity contribution in [2.45, 2.75) is 19.9 Å². The molecule has 2 nitrogen and oxygen atoms in total. The van der Waals surface area contributed by atoms with Crippen molar-refractivity contribution in [1.29, 1.82) is 0 Å². The summed E-state index contributed by atoms with van der Waals surface area (Å²) in [5, 5.41) is 0. The first kappa shape index (κ1) is 14.5. The number of hydrogen-bond donors (Lipinski definition) is 1. The summed E-state index contributed by atoms with van der Waals surface area (Å²) in [7, 11) is 0. The second-order valence-electron chi connectivity index (χ2n) is 4.89. The molecule has 0 aliphatic rings. The second kappa shape index (κ2) is 6.01. The minimum atomic E-state index is -0.986. The van der Waals surface area contributed by atoms with Crippen molar-refractivity contribution in [3.63, 3.8) is 0 Å². The van der Waals surface area contributed by atoms with E-state index in [1.165, 1.54) is 12.1 Å². The molecule has 0 saturated carbocycles. The van der Waals surface area contributed by atoms with E-state index in [2.05, 4.69) is 0 Å². The van der Waals surface area contributed by atoms with Gasteiger partial charge in [-0.25, -0.2) is 4.39 Å². The number of ether oxygens (including phenoxy) is 1. The molecule has 0 spiro atoms. The Morgan fingerprint density at radius 1 is 1.10 bits per heavy atom. The number of aryl methyl sites for hydroxylation is 2. The Bertz CT molecular complexity index is 593. The molecule has 0 bridgehead atoms. The zero-order valence-electron chi connectivity index (χ0n) is 11.5. The predicted molar refractivity (Wildman–Crippen MR) is 74.7 cm³/mol. The van der Waals surface area contributed by atoms with Crippen molar-refractivity contribution in [1.82, 2.24) is 0 Å². The molecule has 2 aromatic rings. The van der Waals surface area contributed by atoms with Gasteiger partial charge in [-0.05, 0) is 31.5 Å². The van der Waals surface area contributed by atoms with Crippen LogP contribution in [0.5, 0.6) is 5.75 Å². The lowest BCUT2D eigenvalue weighted by molar-refractivity contribution is 0.272. The average Bonchev–Trinajstić information content (AvgIpc) is 2.39. The second-order valence-corrected chi connectivity index (χ2v) is 4.89. The molecule has 1 unspecified atom stereocenters. The van der Waals surface area contributed by atoms with E-state index in [9.17, 15) is 8.78 Å². The highest BCUT2D eigenvalue weighted by molar-refractivity contribution is 5.31. The molecule has 20 heavy (non-hydrogen) atoms. The molecule has 0 aromatic heterocycles. The summed E-state index contributed by atoms with van der Waals surface area (Å²) in [6.07, 6.45) is 0. The van der Waals surface area contributed by atoms with Crippen LogP contribution in [0.4, 0.5) is 8.78 Å². The maximum atomic E-state index is 13.4. The van der Waals surface area contributed by atoms with Gasteiger partial charge in [-0.15, -0.1) is 0 Å². The first-order valence-corrected chi connectivity index (χ1v) is 6.38. The van der Waals surface area contributed by atoms with Gasteiger partial charge in [0, 0.05) is 0 Å². The van der Waals surface area contributed by atoms with E-state index >= 15 is 0 Å². The molecule has 0 radical (unpaired) electrons. The zero-order chi connectivity index (χ0) is 14.7. The summed E-state index contributed by atoms with van der Waals surface area (Å²) in [5.41, 5.74) is 9.15. The van der Waals surface area contributed by atoms with Crippen LogP contribution in [-0.4, -0.2) is 6.61 Å². The topological polar surface area (TPSA) is 35.2 Å². The van der Waals surface area contributed by atoms with Crippen molar-refractivity contribution >= 4 is 0 Å². The fourth-order valence-corrected chi connectivity index (χ4v) is 2.10. The van der Waals surface area contributed by atoms with Crippen molar-refractivity contribution in [3.8, 4) is 5.75 Å². The van der Waals surface area contributed by atoms with Crippen LogP contribution in [0.25, 0.3) is 0 Å². The van der Waals surface area contributed by atoms with Crippen LogP contribution < -0.4 is 10.5 Å². The number of benzene rings is 2. The lowest BCUT2D eigenvalue weighted by Crippen LogP contribution is -2.19. The summed E-state index contributed by atoms with van der Waals surface area (Å²) in [4.78, 5) is 0. The van der Waals surface area contributed by atoms with Gasteiger partial charge >= 0.3 is 0 Å². The predicted octanol–water partition coefficient (Wildman–Crippen LogP) is 3.66. The highest BCUT2D eigenvalue weighted by Crippen LogP contribution is 2.21. The SMILES string of the molecule is Cc1cc(C)cc(C(N)COc2cccc(F)c2F)c1. The van der Waals surface area contributed by atoms with Gasteiger partial charge in [-0.3, -0.25) is 0 Å². The van der Waals surface area contributed by atoms with Gasteiger partial charge in [0.15, 0.2) is 11.6 Å². The molecule has 2 aromatic carbocycles. The Kier molecular flexibility index (Phi) is 4.35. The largest absolute Gasteiger partial charge is 0.488 e. The first-order chi connectivity index (χ1) is 9.47. The molecular weight excluding hydrogens is 260 g/mol. The highest BCUT2D eigenvalue weighted by atomic mass is 19.2. The molecule has 0 aliphatic carbocycles. The Labute approximate surface area is 117 Å². The summed E-state index contributed by atoms with van der Waals surface area (Å²) in [6.45, 7) is 4.05. The van der Waals surface area contributed by atoms with Crippen LogP contribution in [0.3, 0.4) is 0 Å². The van der Waals surface area contributed by atoms with E-state index in [0.29, 0.717) is 0 Å². The average molecular weight is 277 g/mol. The maximum absolute atomic E-state index is 13.4. The van der Waals surface area contributed by atoms with Crippen molar-refractivity contribution in [3.05, 3.63) is 64.7 Å². The summed E-state index contributed by atoms with van der Waals surface area (Å²) in [6, 6.07) is 9.40. The number of nitrogens with two attached hydrogens (primary N) is 1. The summed E-state index contributed by atoms with van der Waals surface area (Å²) in [5.74, 6) is -2.03. The van der Waals surface area contributed by atoms with E-state index in [1.807, 2.05) is 32.0 Å². The number of hydrogen-bond acceptors (Lipinski definition) is 2. The summed E-state index contributed by atoms with van der Waals surface area (Å²) < 4.78 is 31.8. The lowest BCUT2D eigenvalue weighted by atomic mass is 10.0. The monoisotopic (exact) mass is 277 g/mol. The van der Waals surface area contributed by atoms with E-state index in [0.717, 1.165) is 22.8 Å². The number of rotatable bonds is 4. The van der Waals surface area contributed by atoms with Crippen LogP contribution in [0, 0.1) is 25.5 Å². The van der Waals surface area contributed by atoms with Gasteiger partial charge in [0.1, 0.15) is 6.61 Å². The zero-order valence-corrected chi connectivity index (χ0v) is 11.5. The molecule has 106 valence electrons. The highest BCUT2D eigenvalue weighted by Gasteiger charge is 2.12. The Morgan fingerprint density at radius 3 is 2.40 bits per heavy atom. The Balaban J connectivity index is 2.08. The van der Waals surface area contributed by atoms with Gasteiger partial charge in [-0.1, -0.05) is 35.4 Å². The van der Waals surface area contributed by atoms with Crippen molar-refractivity contribution in [2.24, 2.45) is 5.73 Å². The Hall–Kier alpha value is -1.94. The van der Waals surface area contributed by atoms with E-state index in [1.54, 1.807) is 0 Å². The molecule has 0 aliphatic heterocycles. The van der Waals surface area contributed by atoms with E-state index in [4.69, 9.17) is 10.5 Å². The van der Waals surface area contributed by atoms with Crippen LogP contribution in [0.15, 0.2) is 36.4 Å². The van der Waals surface area contributed by atoms with Crippen LogP contribution in [-0.2, 0) is 0 Å². The third-order valence-electron chi connectivity index (χ3n) is 3.01. The van der Waals surface area contributed by atoms with Crippen LogP contribution in [0.1, 0.15) is 22.7 Å². The third kappa shape index (κ3) is 3.33. The lowest BCUT2D eigenvalue weighted by Gasteiger charge is -2.15. The minimum Gasteiger partial charge on any atom is -0.488 e. The van der Waals surface area contributed by atoms with Gasteiger partial charge in [0.05, 0.1) is 6.04 Å². The first-order valence-electron chi connectivity index (χ1n) is 6.38. The molecule has 0 heterocycles. The standard InChI is InChI=1S/C16H17F2NO/c1-10-6-11(2)8-12(7-10)14(19)9-20-15-5-3-4-13(17)16(15)18/h3-8,14H,9,19H2,1-2H3. The quantitative estimate of drug-likeness (QED) is 0.925. The molecule has 1 atom stereocenters. The van der Waals surface area contributed by atoms with E-state index < -0.39 is 17.7 Å². The Morgan fingerprint density at radius 2 is 1.75 bits per heavy atom. The number of halogens is 2. The van der Waals surface area contributed by atoms with Crippen LogP contribution >= 0.6 is 0 Å². The minimum absolute atomic E-state index is 0.0866. The van der Waals surface area contributed by atoms with Crippen molar-refractivity contribution in [2.75, 3.05) is 6.61 Å². The molecule has 2 rings (SSSR count). The molecule has 0 amide bonds. The molecule has 4 heteroatoms. The summed E-state index contributed by atoms with van der Waals surface area (Å²) >= 11 is 0. The molecular formula is C16H17F2NO. The van der Waals surface area contributed by atoms with Gasteiger partial charge < -0.3 is 10.5 Å². The van der Waals surface area contributed by atoms with E-state index in [-0.39, 0.29) is 12.4 Å². The van der Waals surface area contributed by atoms with Crippen LogP contribution in [0.2, 0.25) is 0 Å².